The molecule has 11 heavy (non-hydrogen) atoms. The first kappa shape index (κ1) is 8.95. The van der Waals surface area contributed by atoms with Gasteiger partial charge >= 0.3 is 0 Å². The molecule has 0 radical (unpaired) electrons. The van der Waals surface area contributed by atoms with Gasteiger partial charge in [-0.1, -0.05) is 24.0 Å². The lowest BCUT2D eigenvalue weighted by Crippen LogP contribution is -2.29. The lowest BCUT2D eigenvalue weighted by atomic mass is 10.7. The summed E-state index contributed by atoms with van der Waals surface area (Å²) in [5.74, 6) is -0.539. The minimum Gasteiger partial charge on any atom is -0.310 e. The van der Waals surface area contributed by atoms with Gasteiger partial charge in [-0.2, -0.15) is 0 Å². The van der Waals surface area contributed by atoms with Crippen LogP contribution in [-0.4, -0.2) is 29.5 Å². The van der Waals surface area contributed by atoms with Crippen LogP contribution in [0.4, 0.5) is 0 Å². The van der Waals surface area contributed by atoms with E-state index in [9.17, 15) is 13.2 Å². The van der Waals surface area contributed by atoms with Gasteiger partial charge in [-0.15, -0.1) is 0 Å². The van der Waals surface area contributed by atoms with Crippen LogP contribution >= 0.6 is 24.0 Å². The molecular formula is C4H5NO3S3. The summed E-state index contributed by atoms with van der Waals surface area (Å²) in [6.07, 6.45) is 1.01. The summed E-state index contributed by atoms with van der Waals surface area (Å²) in [6, 6.07) is 0. The molecular weight excluding hydrogens is 206 g/mol. The van der Waals surface area contributed by atoms with Gasteiger partial charge in [0.05, 0.1) is 0 Å². The first-order valence-electron chi connectivity index (χ1n) is 2.61. The van der Waals surface area contributed by atoms with Gasteiger partial charge in [-0.25, -0.2) is 8.42 Å². The highest BCUT2D eigenvalue weighted by Gasteiger charge is 2.36. The third kappa shape index (κ3) is 1.91. The number of carbonyl (C=O) groups excluding carboxylic acids is 1. The third-order valence-electron chi connectivity index (χ3n) is 1.04. The van der Waals surface area contributed by atoms with E-state index in [2.05, 4.69) is 17.5 Å². The lowest BCUT2D eigenvalue weighted by molar-refractivity contribution is -0.117. The number of rotatable bonds is 1. The first-order chi connectivity index (χ1) is 4.91. The van der Waals surface area contributed by atoms with Gasteiger partial charge < -0.3 is 5.32 Å². The summed E-state index contributed by atoms with van der Waals surface area (Å²) in [5, 5.41) is 2.25. The lowest BCUT2D eigenvalue weighted by Gasteiger charge is -1.99. The van der Waals surface area contributed by atoms with Crippen LogP contribution in [0.1, 0.15) is 0 Å². The topological polar surface area (TPSA) is 63.2 Å². The van der Waals surface area contributed by atoms with E-state index in [1.54, 1.807) is 0 Å². The summed E-state index contributed by atoms with van der Waals surface area (Å²) < 4.78 is 20.9. The monoisotopic (exact) mass is 211 g/mol. The van der Waals surface area contributed by atoms with Crippen molar-refractivity contribution >= 4 is 44.0 Å². The fourth-order valence-corrected chi connectivity index (χ4v) is 3.15. The predicted octanol–water partition coefficient (Wildman–Crippen LogP) is -0.495. The highest BCUT2D eigenvalue weighted by molar-refractivity contribution is 8.30. The van der Waals surface area contributed by atoms with E-state index in [4.69, 9.17) is 0 Å². The van der Waals surface area contributed by atoms with Crippen molar-refractivity contribution in [3.05, 3.63) is 0 Å². The maximum Gasteiger partial charge on any atom is 0.254 e. The smallest absolute Gasteiger partial charge is 0.254 e. The Labute approximate surface area is 73.6 Å². The van der Waals surface area contributed by atoms with Crippen molar-refractivity contribution in [2.24, 2.45) is 0 Å². The van der Waals surface area contributed by atoms with E-state index in [1.807, 2.05) is 0 Å². The zero-order chi connectivity index (χ0) is 8.65. The summed E-state index contributed by atoms with van der Waals surface area (Å²) in [4.78, 5) is 10.8. The van der Waals surface area contributed by atoms with E-state index in [0.29, 0.717) is 0 Å². The molecule has 1 unspecified atom stereocenters. The van der Waals surface area contributed by atoms with E-state index in [1.165, 1.54) is 0 Å². The van der Waals surface area contributed by atoms with Gasteiger partial charge in [0.2, 0.25) is 0 Å². The Hall–Kier alpha value is -0.140. The number of nitrogens with one attached hydrogen (secondary N) is 1. The second kappa shape index (κ2) is 2.72. The van der Waals surface area contributed by atoms with E-state index in [-0.39, 0.29) is 4.32 Å². The number of carbonyl (C=O) groups is 1. The molecule has 0 aromatic rings. The Morgan fingerprint density at radius 1 is 1.64 bits per heavy atom. The molecule has 0 spiro atoms. The van der Waals surface area contributed by atoms with E-state index in [0.717, 1.165) is 18.0 Å². The van der Waals surface area contributed by atoms with Crippen molar-refractivity contribution in [1.29, 1.82) is 0 Å². The highest BCUT2D eigenvalue weighted by atomic mass is 32.3. The number of thiocarbonyl (C=S) groups is 1. The SMILES string of the molecule is CS(=O)(=O)C1SC(=S)NC1=O. The molecule has 1 rings (SSSR count). The molecule has 1 fully saturated rings. The molecule has 0 saturated carbocycles. The number of hydrogen-bond acceptors (Lipinski definition) is 5. The summed E-state index contributed by atoms with van der Waals surface area (Å²) >= 11 is 5.47. The Kier molecular flexibility index (Phi) is 2.22. The van der Waals surface area contributed by atoms with Crippen molar-refractivity contribution in [2.75, 3.05) is 6.26 Å². The highest BCUT2D eigenvalue weighted by Crippen LogP contribution is 2.23. The molecule has 1 aliphatic rings. The zero-order valence-electron chi connectivity index (χ0n) is 5.53. The molecule has 1 aliphatic heterocycles. The van der Waals surface area contributed by atoms with Crippen molar-refractivity contribution in [3.63, 3.8) is 0 Å². The fraction of sp³-hybridized carbons (Fsp3) is 0.500. The van der Waals surface area contributed by atoms with Crippen molar-refractivity contribution < 1.29 is 13.2 Å². The zero-order valence-corrected chi connectivity index (χ0v) is 7.98. The van der Waals surface area contributed by atoms with Crippen LogP contribution in [0.5, 0.6) is 0 Å². The molecule has 4 nitrogen and oxygen atoms in total. The number of thioether (sulfide) groups is 1. The van der Waals surface area contributed by atoms with Crippen LogP contribution in [0.15, 0.2) is 0 Å². The molecule has 1 saturated heterocycles. The molecule has 0 aliphatic carbocycles. The number of sulfone groups is 1. The van der Waals surface area contributed by atoms with Gasteiger partial charge in [0.1, 0.15) is 4.32 Å². The van der Waals surface area contributed by atoms with Crippen molar-refractivity contribution in [2.45, 2.75) is 4.58 Å². The average molecular weight is 211 g/mol. The molecule has 1 heterocycles. The summed E-state index contributed by atoms with van der Waals surface area (Å²) in [5.41, 5.74) is 0. The van der Waals surface area contributed by atoms with Gasteiger partial charge in [0, 0.05) is 6.26 Å². The molecule has 0 bridgehead atoms. The molecule has 62 valence electrons. The Morgan fingerprint density at radius 3 is 2.36 bits per heavy atom. The molecule has 0 aromatic carbocycles. The quantitative estimate of drug-likeness (QED) is 0.593. The van der Waals surface area contributed by atoms with Gasteiger partial charge in [0.15, 0.2) is 14.4 Å². The Balaban J connectivity index is 2.94. The normalized spacial score (nSPS) is 25.4. The summed E-state index contributed by atoms with van der Waals surface area (Å²) in [6.45, 7) is 0. The maximum absolute atomic E-state index is 10.8. The van der Waals surface area contributed by atoms with E-state index < -0.39 is 20.3 Å². The summed E-state index contributed by atoms with van der Waals surface area (Å²) in [7, 11) is -3.32. The fourth-order valence-electron chi connectivity index (χ4n) is 0.622. The standard InChI is InChI=1S/C4H5NO3S3/c1-11(7,8)3-2(6)5-4(9)10-3/h3H,1H3,(H,5,6,9). The minimum absolute atomic E-state index is 0.227. The first-order valence-corrected chi connectivity index (χ1v) is 5.86. The van der Waals surface area contributed by atoms with Crippen LogP contribution in [0, 0.1) is 0 Å². The van der Waals surface area contributed by atoms with Crippen LogP contribution in [0.3, 0.4) is 0 Å². The molecule has 7 heteroatoms. The van der Waals surface area contributed by atoms with Gasteiger partial charge in [-0.3, -0.25) is 4.79 Å². The largest absolute Gasteiger partial charge is 0.310 e. The molecule has 0 aromatic heterocycles. The third-order valence-corrected chi connectivity index (χ3v) is 4.51. The van der Waals surface area contributed by atoms with Crippen molar-refractivity contribution in [1.82, 2.24) is 5.32 Å². The van der Waals surface area contributed by atoms with E-state index >= 15 is 0 Å². The van der Waals surface area contributed by atoms with Crippen molar-refractivity contribution in [3.8, 4) is 0 Å². The minimum atomic E-state index is -3.32. The van der Waals surface area contributed by atoms with Crippen LogP contribution < -0.4 is 5.32 Å². The number of hydrogen-bond donors (Lipinski definition) is 1. The van der Waals surface area contributed by atoms with Gasteiger partial charge in [0.25, 0.3) is 5.91 Å². The Bertz CT molecular complexity index is 307. The average Bonchev–Trinajstić information content (AvgIpc) is 2.08. The molecule has 1 atom stereocenters. The van der Waals surface area contributed by atoms with Gasteiger partial charge in [-0.05, 0) is 0 Å². The predicted molar refractivity (Wildman–Crippen MR) is 47.0 cm³/mol. The molecule has 1 amide bonds. The van der Waals surface area contributed by atoms with Crippen LogP contribution in [-0.2, 0) is 14.6 Å². The number of amides is 1. The van der Waals surface area contributed by atoms with Crippen LogP contribution in [0.2, 0.25) is 0 Å². The maximum atomic E-state index is 10.8. The molecule has 1 N–H and O–H groups in total. The Morgan fingerprint density at radius 2 is 2.18 bits per heavy atom. The van der Waals surface area contributed by atoms with Crippen LogP contribution in [0.25, 0.3) is 0 Å². The second-order valence-corrected chi connectivity index (χ2v) is 6.27. The second-order valence-electron chi connectivity index (χ2n) is 2.06.